The molecule has 0 atom stereocenters. The molecule has 27 heavy (non-hydrogen) atoms. The summed E-state index contributed by atoms with van der Waals surface area (Å²) in [6, 6.07) is 6.07. The van der Waals surface area contributed by atoms with Crippen LogP contribution in [0.4, 0.5) is 5.82 Å². The van der Waals surface area contributed by atoms with E-state index in [1.807, 2.05) is 18.2 Å². The van der Waals surface area contributed by atoms with E-state index in [1.165, 1.54) is 31.9 Å². The first-order valence-corrected chi connectivity index (χ1v) is 9.53. The summed E-state index contributed by atoms with van der Waals surface area (Å²) in [4.78, 5) is 20.9. The van der Waals surface area contributed by atoms with Gasteiger partial charge in [-0.15, -0.1) is 0 Å². The van der Waals surface area contributed by atoms with Gasteiger partial charge in [0.15, 0.2) is 11.5 Å². The van der Waals surface area contributed by atoms with Crippen LogP contribution in [0.15, 0.2) is 30.6 Å². The minimum Gasteiger partial charge on any atom is -0.454 e. The average molecular weight is 368 g/mol. The second-order valence-corrected chi connectivity index (χ2v) is 6.99. The molecule has 142 valence electrons. The van der Waals surface area contributed by atoms with Gasteiger partial charge in [-0.1, -0.05) is 31.7 Å². The van der Waals surface area contributed by atoms with Crippen molar-refractivity contribution in [1.29, 1.82) is 0 Å². The van der Waals surface area contributed by atoms with E-state index in [0.29, 0.717) is 18.1 Å². The molecule has 0 spiro atoms. The van der Waals surface area contributed by atoms with Crippen LogP contribution >= 0.6 is 0 Å². The Labute approximate surface area is 158 Å². The molecule has 2 aromatic rings. The van der Waals surface area contributed by atoms with E-state index in [4.69, 9.17) is 9.47 Å². The lowest BCUT2D eigenvalue weighted by Crippen LogP contribution is -2.34. The molecule has 0 saturated heterocycles. The zero-order valence-electron chi connectivity index (χ0n) is 15.2. The van der Waals surface area contributed by atoms with E-state index in [9.17, 15) is 4.79 Å². The predicted molar refractivity (Wildman–Crippen MR) is 101 cm³/mol. The normalized spacial score (nSPS) is 16.6. The van der Waals surface area contributed by atoms with Gasteiger partial charge in [-0.25, -0.2) is 9.97 Å². The highest BCUT2D eigenvalue weighted by Crippen LogP contribution is 2.32. The first-order chi connectivity index (χ1) is 13.3. The fourth-order valence-electron chi connectivity index (χ4n) is 3.46. The van der Waals surface area contributed by atoms with E-state index in [-0.39, 0.29) is 18.7 Å². The Kier molecular flexibility index (Phi) is 5.37. The molecular weight excluding hydrogens is 344 g/mol. The Hall–Kier alpha value is -2.83. The number of nitrogens with one attached hydrogen (secondary N) is 2. The number of aromatic nitrogens is 2. The number of hydrogen-bond acceptors (Lipinski definition) is 6. The van der Waals surface area contributed by atoms with Crippen LogP contribution in [0.3, 0.4) is 0 Å². The molecule has 1 amide bonds. The summed E-state index contributed by atoms with van der Waals surface area (Å²) in [7, 11) is 0. The minimum absolute atomic E-state index is 0.142. The van der Waals surface area contributed by atoms with Crippen molar-refractivity contribution in [2.24, 2.45) is 0 Å². The third-order valence-corrected chi connectivity index (χ3v) is 4.99. The smallest absolute Gasteiger partial charge is 0.271 e. The van der Waals surface area contributed by atoms with E-state index in [1.54, 1.807) is 6.20 Å². The summed E-state index contributed by atoms with van der Waals surface area (Å²) < 4.78 is 10.7. The Morgan fingerprint density at radius 2 is 1.85 bits per heavy atom. The third kappa shape index (κ3) is 4.48. The molecule has 1 aliphatic carbocycles. The van der Waals surface area contributed by atoms with Gasteiger partial charge in [-0.3, -0.25) is 4.79 Å². The number of rotatable bonds is 5. The van der Waals surface area contributed by atoms with Crippen molar-refractivity contribution in [2.75, 3.05) is 12.1 Å². The number of nitrogens with zero attached hydrogens (tertiary/aromatic N) is 2. The Morgan fingerprint density at radius 1 is 1.04 bits per heavy atom. The van der Waals surface area contributed by atoms with Crippen LogP contribution in [0.5, 0.6) is 11.5 Å². The van der Waals surface area contributed by atoms with Crippen molar-refractivity contribution in [2.45, 2.75) is 51.1 Å². The maximum atomic E-state index is 12.4. The van der Waals surface area contributed by atoms with Crippen molar-refractivity contribution >= 4 is 11.7 Å². The Bertz CT molecular complexity index is 786. The van der Waals surface area contributed by atoms with E-state index >= 15 is 0 Å². The van der Waals surface area contributed by atoms with Crippen molar-refractivity contribution < 1.29 is 14.3 Å². The number of hydrogen-bond donors (Lipinski definition) is 2. The highest BCUT2D eigenvalue weighted by Gasteiger charge is 2.17. The van der Waals surface area contributed by atoms with Gasteiger partial charge in [0.1, 0.15) is 11.5 Å². The van der Waals surface area contributed by atoms with Crippen molar-refractivity contribution in [3.05, 3.63) is 41.9 Å². The maximum absolute atomic E-state index is 12.4. The first-order valence-electron chi connectivity index (χ1n) is 9.53. The monoisotopic (exact) mass is 368 g/mol. The van der Waals surface area contributed by atoms with Gasteiger partial charge in [0, 0.05) is 12.6 Å². The molecule has 1 aromatic carbocycles. The molecule has 1 aliphatic heterocycles. The molecule has 1 aromatic heterocycles. The number of fused-ring (bicyclic) bond motifs is 1. The zero-order chi connectivity index (χ0) is 18.5. The molecule has 0 unspecified atom stereocenters. The molecule has 0 radical (unpaired) electrons. The molecule has 0 bridgehead atoms. The molecular formula is C20H24N4O3. The summed E-state index contributed by atoms with van der Waals surface area (Å²) in [5.41, 5.74) is 1.41. The summed E-state index contributed by atoms with van der Waals surface area (Å²) in [5.74, 6) is 2.00. The van der Waals surface area contributed by atoms with Gasteiger partial charge in [0.25, 0.3) is 5.91 Å². The number of benzene rings is 1. The van der Waals surface area contributed by atoms with Crippen LogP contribution in [-0.4, -0.2) is 28.7 Å². The highest BCUT2D eigenvalue weighted by molar-refractivity contribution is 5.92. The molecule has 1 fully saturated rings. The number of carbonyl (C=O) groups is 1. The molecule has 2 heterocycles. The molecule has 2 aliphatic rings. The quantitative estimate of drug-likeness (QED) is 0.788. The lowest BCUT2D eigenvalue weighted by molar-refractivity contribution is 0.0928. The van der Waals surface area contributed by atoms with Gasteiger partial charge in [-0.05, 0) is 30.5 Å². The van der Waals surface area contributed by atoms with E-state index < -0.39 is 0 Å². The van der Waals surface area contributed by atoms with Crippen LogP contribution in [0.1, 0.15) is 54.6 Å². The number of carbonyl (C=O) groups excluding carboxylic acids is 1. The first kappa shape index (κ1) is 17.6. The second kappa shape index (κ2) is 8.24. The van der Waals surface area contributed by atoms with Crippen LogP contribution in [-0.2, 0) is 6.54 Å². The largest absolute Gasteiger partial charge is 0.454 e. The van der Waals surface area contributed by atoms with Crippen molar-refractivity contribution in [3.8, 4) is 11.5 Å². The van der Waals surface area contributed by atoms with Crippen LogP contribution in [0.2, 0.25) is 0 Å². The Morgan fingerprint density at radius 3 is 2.63 bits per heavy atom. The van der Waals surface area contributed by atoms with Gasteiger partial charge in [0.2, 0.25) is 6.79 Å². The maximum Gasteiger partial charge on any atom is 0.271 e. The summed E-state index contributed by atoms with van der Waals surface area (Å²) >= 11 is 0. The third-order valence-electron chi connectivity index (χ3n) is 4.99. The molecule has 7 nitrogen and oxygen atoms in total. The zero-order valence-corrected chi connectivity index (χ0v) is 15.2. The summed E-state index contributed by atoms with van der Waals surface area (Å²) in [6.07, 6.45) is 10.1. The predicted octanol–water partition coefficient (Wildman–Crippen LogP) is 3.27. The van der Waals surface area contributed by atoms with Crippen LogP contribution in [0, 0.1) is 0 Å². The SMILES string of the molecule is O=C(NC1CCCCCC1)c1cnc(NCc2ccc3c(c2)OCO3)cn1. The minimum atomic E-state index is -0.142. The second-order valence-electron chi connectivity index (χ2n) is 6.99. The van der Waals surface area contributed by atoms with E-state index in [2.05, 4.69) is 20.6 Å². The Balaban J connectivity index is 1.31. The molecule has 7 heteroatoms. The van der Waals surface area contributed by atoms with Crippen molar-refractivity contribution in [1.82, 2.24) is 15.3 Å². The summed E-state index contributed by atoms with van der Waals surface area (Å²) in [6.45, 7) is 0.848. The van der Waals surface area contributed by atoms with Crippen molar-refractivity contribution in [3.63, 3.8) is 0 Å². The standard InChI is InChI=1S/C20H24N4O3/c25-20(24-15-5-3-1-2-4-6-15)16-11-23-19(12-21-16)22-10-14-7-8-17-18(9-14)27-13-26-17/h7-9,11-12,15H,1-6,10,13H2,(H,22,23)(H,24,25). The number of ether oxygens (including phenoxy) is 2. The molecule has 1 saturated carbocycles. The van der Waals surface area contributed by atoms with Gasteiger partial charge >= 0.3 is 0 Å². The summed E-state index contributed by atoms with van der Waals surface area (Å²) in [5, 5.41) is 6.29. The molecule has 2 N–H and O–H groups in total. The van der Waals surface area contributed by atoms with Gasteiger partial charge in [0.05, 0.1) is 12.4 Å². The number of anilines is 1. The lowest BCUT2D eigenvalue weighted by atomic mass is 10.1. The van der Waals surface area contributed by atoms with Crippen LogP contribution < -0.4 is 20.1 Å². The number of amides is 1. The fraction of sp³-hybridized carbons (Fsp3) is 0.450. The van der Waals surface area contributed by atoms with Crippen LogP contribution in [0.25, 0.3) is 0 Å². The average Bonchev–Trinajstić information content (AvgIpc) is 3.02. The van der Waals surface area contributed by atoms with Gasteiger partial charge in [-0.2, -0.15) is 0 Å². The van der Waals surface area contributed by atoms with Gasteiger partial charge < -0.3 is 20.1 Å². The fourth-order valence-corrected chi connectivity index (χ4v) is 3.46. The van der Waals surface area contributed by atoms with E-state index in [0.717, 1.165) is 29.9 Å². The topological polar surface area (TPSA) is 85.4 Å². The molecule has 4 rings (SSSR count). The lowest BCUT2D eigenvalue weighted by Gasteiger charge is -2.15. The highest BCUT2D eigenvalue weighted by atomic mass is 16.7.